The average Bonchev–Trinajstić information content (AvgIpc) is 3.28. The van der Waals surface area contributed by atoms with Crippen LogP contribution in [0.1, 0.15) is 126 Å². The van der Waals surface area contributed by atoms with Crippen LogP contribution in [-0.4, -0.2) is 75.1 Å². The van der Waals surface area contributed by atoms with Crippen molar-refractivity contribution in [1.29, 1.82) is 0 Å². The minimum Gasteiger partial charge on any atom is -0.460 e. The first-order chi connectivity index (χ1) is 24.1. The topological polar surface area (TPSA) is 135 Å². The van der Waals surface area contributed by atoms with Crippen LogP contribution < -0.4 is 5.32 Å². The Balaban J connectivity index is 1.22. The maximum Gasteiger partial charge on any atom is 0.408 e. The molecule has 1 aliphatic heterocycles. The normalized spacial score (nSPS) is 44.0. The summed E-state index contributed by atoms with van der Waals surface area (Å²) in [6.45, 7) is 18.1. The van der Waals surface area contributed by atoms with E-state index in [9.17, 15) is 24.9 Å². The number of aliphatic hydroxyl groups is 3. The quantitative estimate of drug-likeness (QED) is 0.228. The number of amides is 1. The van der Waals surface area contributed by atoms with Crippen LogP contribution in [0.2, 0.25) is 0 Å². The van der Waals surface area contributed by atoms with E-state index in [1.165, 1.54) is 0 Å². The first-order valence-corrected chi connectivity index (χ1v) is 20.1. The van der Waals surface area contributed by atoms with Gasteiger partial charge in [0.1, 0.15) is 17.7 Å². The maximum atomic E-state index is 14.5. The number of carbonyl (C=O) groups excluding carboxylic acids is 2. The molecule has 0 aromatic heterocycles. The number of carbonyl (C=O) groups is 2. The SMILES string of the molecule is CC(C)(C)OC(=O)N[C@@H](Cc1ccccc1)C(=O)O[C@H]1CC2C3(CC[C@]4(C)[C@@H](C5CC[C@@H](C(C)(C)O)O5)[C@@H](O)C[C@@]24C)C[C@@]32CC[C@H](O)C(C)(C)[C@H]12. The summed E-state index contributed by atoms with van der Waals surface area (Å²) >= 11 is 0. The number of fused-ring (bicyclic) bond motifs is 2. The molecule has 1 heterocycles. The fourth-order valence-electron chi connectivity index (χ4n) is 13.4. The second-order valence-corrected chi connectivity index (χ2v) is 20.5. The second-order valence-electron chi connectivity index (χ2n) is 20.5. The van der Waals surface area contributed by atoms with Gasteiger partial charge in [-0.3, -0.25) is 0 Å². The number of esters is 1. The molecule has 13 atom stereocenters. The zero-order chi connectivity index (χ0) is 37.9. The van der Waals surface area contributed by atoms with Crippen LogP contribution in [0.15, 0.2) is 30.3 Å². The highest BCUT2D eigenvalue weighted by Gasteiger charge is 2.85. The highest BCUT2D eigenvalue weighted by atomic mass is 16.6. The average molecular weight is 724 g/mol. The molecule has 1 aromatic carbocycles. The molecule has 1 saturated heterocycles. The summed E-state index contributed by atoms with van der Waals surface area (Å²) in [7, 11) is 0. The fraction of sp³-hybridized carbons (Fsp3) is 0.814. The molecule has 290 valence electrons. The number of alkyl carbamates (subject to hydrolysis) is 1. The van der Waals surface area contributed by atoms with Gasteiger partial charge in [0, 0.05) is 18.3 Å². The van der Waals surface area contributed by atoms with E-state index in [4.69, 9.17) is 14.2 Å². The predicted octanol–water partition coefficient (Wildman–Crippen LogP) is 6.73. The van der Waals surface area contributed by atoms with Gasteiger partial charge < -0.3 is 34.8 Å². The molecule has 0 bridgehead atoms. The Kier molecular flexibility index (Phi) is 9.09. The third-order valence-corrected chi connectivity index (χ3v) is 15.8. The van der Waals surface area contributed by atoms with Gasteiger partial charge in [0.25, 0.3) is 0 Å². The van der Waals surface area contributed by atoms with Crippen LogP contribution in [0, 0.1) is 44.8 Å². The van der Waals surface area contributed by atoms with Crippen molar-refractivity contribution in [2.75, 3.05) is 0 Å². The molecule has 6 aliphatic rings. The molecule has 3 unspecified atom stereocenters. The first-order valence-electron chi connectivity index (χ1n) is 20.1. The van der Waals surface area contributed by atoms with Gasteiger partial charge in [-0.2, -0.15) is 0 Å². The van der Waals surface area contributed by atoms with Gasteiger partial charge in [0.15, 0.2) is 0 Å². The second kappa shape index (κ2) is 12.4. The van der Waals surface area contributed by atoms with Crippen LogP contribution >= 0.6 is 0 Å². The lowest BCUT2D eigenvalue weighted by molar-refractivity contribution is -0.215. The number of ether oxygens (including phenoxy) is 3. The van der Waals surface area contributed by atoms with E-state index < -0.39 is 53.0 Å². The highest BCUT2D eigenvalue weighted by Crippen LogP contribution is 2.89. The smallest absolute Gasteiger partial charge is 0.408 e. The number of rotatable bonds is 7. The third-order valence-electron chi connectivity index (χ3n) is 15.8. The molecule has 2 spiro atoms. The van der Waals surface area contributed by atoms with Gasteiger partial charge in [-0.1, -0.05) is 58.0 Å². The van der Waals surface area contributed by atoms with Gasteiger partial charge in [-0.25, -0.2) is 9.59 Å². The van der Waals surface area contributed by atoms with Crippen LogP contribution in [-0.2, 0) is 25.4 Å². The highest BCUT2D eigenvalue weighted by molar-refractivity contribution is 5.82. The zero-order valence-electron chi connectivity index (χ0n) is 33.0. The number of nitrogens with one attached hydrogen (secondary N) is 1. The summed E-state index contributed by atoms with van der Waals surface area (Å²) in [5, 5.41) is 37.2. The van der Waals surface area contributed by atoms with Crippen molar-refractivity contribution in [2.24, 2.45) is 44.8 Å². The van der Waals surface area contributed by atoms with Gasteiger partial charge in [-0.15, -0.1) is 0 Å². The Morgan fingerprint density at radius 1 is 0.942 bits per heavy atom. The van der Waals surface area contributed by atoms with E-state index in [0.717, 1.165) is 50.5 Å². The summed E-state index contributed by atoms with van der Waals surface area (Å²) in [5.41, 5.74) is -1.69. The molecule has 5 aliphatic carbocycles. The fourth-order valence-corrected chi connectivity index (χ4v) is 13.4. The molecule has 9 heteroatoms. The van der Waals surface area contributed by atoms with Crippen LogP contribution in [0.4, 0.5) is 4.79 Å². The minimum atomic E-state index is -0.955. The number of hydrogen-bond acceptors (Lipinski definition) is 8. The molecule has 52 heavy (non-hydrogen) atoms. The standard InChI is InChI=1S/C43H65NO8/c1-37(2,3)52-36(48)44-26(21-25-13-11-10-12-14-25)35(47)51-29-22-30-41(9)23-27(45)33(28-15-16-32(50-28)39(6,7)49)40(41,8)19-20-42(30)24-43(42)18-17-31(46)38(4,5)34(29)43/h10-14,26-34,45-46,49H,15-24H2,1-9H3,(H,44,48)/t26-,27-,28?,29-,30?,31-,32-,33+,34-,40+,41-,42?,43+/m0/s1. The summed E-state index contributed by atoms with van der Waals surface area (Å²) in [6.07, 6.45) is 5.36. The summed E-state index contributed by atoms with van der Waals surface area (Å²) in [5.74, 6) is -0.363. The third kappa shape index (κ3) is 5.85. The molecule has 9 nitrogen and oxygen atoms in total. The zero-order valence-corrected chi connectivity index (χ0v) is 33.0. The molecule has 0 radical (unpaired) electrons. The Bertz CT molecular complexity index is 1530. The lowest BCUT2D eigenvalue weighted by Gasteiger charge is -2.64. The van der Waals surface area contributed by atoms with E-state index >= 15 is 0 Å². The van der Waals surface area contributed by atoms with Crippen LogP contribution in [0.25, 0.3) is 0 Å². The van der Waals surface area contributed by atoms with Crippen molar-refractivity contribution in [1.82, 2.24) is 5.32 Å². The predicted molar refractivity (Wildman–Crippen MR) is 197 cm³/mol. The molecule has 5 saturated carbocycles. The van der Waals surface area contributed by atoms with Crippen molar-refractivity contribution < 1.29 is 39.1 Å². The van der Waals surface area contributed by atoms with Crippen molar-refractivity contribution in [3.63, 3.8) is 0 Å². The van der Waals surface area contributed by atoms with E-state index in [2.05, 4.69) is 33.0 Å². The minimum absolute atomic E-state index is 0.0383. The molecular weight excluding hydrogens is 658 g/mol. The molecule has 1 aromatic rings. The van der Waals surface area contributed by atoms with Crippen LogP contribution in [0.3, 0.4) is 0 Å². The Morgan fingerprint density at radius 3 is 2.27 bits per heavy atom. The van der Waals surface area contributed by atoms with E-state index in [-0.39, 0.29) is 58.0 Å². The lowest BCUT2D eigenvalue weighted by Crippen LogP contribution is -2.62. The van der Waals surface area contributed by atoms with Gasteiger partial charge in [0.2, 0.25) is 0 Å². The Labute approximate surface area is 310 Å². The molecular formula is C43H65NO8. The molecule has 6 fully saturated rings. The van der Waals surface area contributed by atoms with Gasteiger partial charge in [-0.05, 0) is 131 Å². The van der Waals surface area contributed by atoms with Crippen LogP contribution in [0.5, 0.6) is 0 Å². The first kappa shape index (κ1) is 38.1. The molecule has 7 rings (SSSR count). The Hall–Kier alpha value is -2.20. The van der Waals surface area contributed by atoms with Crippen molar-refractivity contribution in [3.05, 3.63) is 35.9 Å². The number of aliphatic hydroxyl groups excluding tert-OH is 2. The van der Waals surface area contributed by atoms with Gasteiger partial charge in [0.05, 0.1) is 30.0 Å². The summed E-state index contributed by atoms with van der Waals surface area (Å²) in [4.78, 5) is 27.6. The Morgan fingerprint density at radius 2 is 1.63 bits per heavy atom. The molecule has 4 N–H and O–H groups in total. The van der Waals surface area contributed by atoms with Crippen molar-refractivity contribution >= 4 is 12.1 Å². The number of benzene rings is 1. The molecule has 1 amide bonds. The van der Waals surface area contributed by atoms with E-state index in [1.807, 2.05) is 44.2 Å². The van der Waals surface area contributed by atoms with Crippen molar-refractivity contribution in [2.45, 2.75) is 174 Å². The van der Waals surface area contributed by atoms with Crippen molar-refractivity contribution in [3.8, 4) is 0 Å². The monoisotopic (exact) mass is 723 g/mol. The van der Waals surface area contributed by atoms with Gasteiger partial charge >= 0.3 is 12.1 Å². The largest absolute Gasteiger partial charge is 0.460 e. The number of hydrogen-bond donors (Lipinski definition) is 4. The lowest BCUT2D eigenvalue weighted by atomic mass is 9.41. The van der Waals surface area contributed by atoms with E-state index in [0.29, 0.717) is 12.8 Å². The van der Waals surface area contributed by atoms with E-state index in [1.54, 1.807) is 20.8 Å². The maximum absolute atomic E-state index is 14.5. The summed E-state index contributed by atoms with van der Waals surface area (Å²) < 4.78 is 18.9. The summed E-state index contributed by atoms with van der Waals surface area (Å²) in [6, 6.07) is 8.68.